The highest BCUT2D eigenvalue weighted by Gasteiger charge is 2.26. The SMILES string of the molecule is O=C(NC1CC1)c1cn(CCC2CCCCN2Cc2cc3ccccc3[nH]2)nn1. The number of para-hydroxylation sites is 1. The summed E-state index contributed by atoms with van der Waals surface area (Å²) in [6, 6.07) is 11.6. The minimum atomic E-state index is -0.100. The molecule has 1 aliphatic heterocycles. The Morgan fingerprint density at radius 3 is 2.97 bits per heavy atom. The molecule has 2 N–H and O–H groups in total. The van der Waals surface area contributed by atoms with Gasteiger partial charge in [-0.05, 0) is 56.2 Å². The fourth-order valence-electron chi connectivity index (χ4n) is 4.31. The van der Waals surface area contributed by atoms with Gasteiger partial charge in [0.25, 0.3) is 5.91 Å². The van der Waals surface area contributed by atoms with Crippen LogP contribution in [0.25, 0.3) is 10.9 Å². The van der Waals surface area contributed by atoms with Gasteiger partial charge in [0, 0.05) is 36.4 Å². The second-order valence-corrected chi connectivity index (χ2v) is 8.41. The summed E-state index contributed by atoms with van der Waals surface area (Å²) in [6.45, 7) is 2.87. The number of aryl methyl sites for hydroxylation is 1. The van der Waals surface area contributed by atoms with Crippen molar-refractivity contribution in [3.8, 4) is 0 Å². The van der Waals surface area contributed by atoms with E-state index in [1.807, 2.05) is 4.68 Å². The summed E-state index contributed by atoms with van der Waals surface area (Å²) in [7, 11) is 0. The average molecular weight is 393 g/mol. The first-order chi connectivity index (χ1) is 14.2. The summed E-state index contributed by atoms with van der Waals surface area (Å²) in [5.41, 5.74) is 2.91. The van der Waals surface area contributed by atoms with Gasteiger partial charge in [-0.25, -0.2) is 0 Å². The van der Waals surface area contributed by atoms with E-state index in [4.69, 9.17) is 0 Å². The maximum absolute atomic E-state index is 12.1. The highest BCUT2D eigenvalue weighted by Crippen LogP contribution is 2.24. The van der Waals surface area contributed by atoms with Gasteiger partial charge in [0.15, 0.2) is 5.69 Å². The Labute approximate surface area is 170 Å². The molecule has 3 aromatic rings. The third-order valence-electron chi connectivity index (χ3n) is 6.08. The molecule has 29 heavy (non-hydrogen) atoms. The number of rotatable bonds is 7. The van der Waals surface area contributed by atoms with E-state index in [0.717, 1.165) is 38.9 Å². The highest BCUT2D eigenvalue weighted by atomic mass is 16.2. The number of carbonyl (C=O) groups is 1. The maximum atomic E-state index is 12.1. The Bertz CT molecular complexity index is 955. The molecule has 7 heteroatoms. The van der Waals surface area contributed by atoms with Gasteiger partial charge < -0.3 is 10.3 Å². The molecule has 1 unspecified atom stereocenters. The molecule has 2 aliphatic rings. The highest BCUT2D eigenvalue weighted by molar-refractivity contribution is 5.92. The Hall–Kier alpha value is -2.67. The van der Waals surface area contributed by atoms with Gasteiger partial charge in [-0.1, -0.05) is 29.8 Å². The molecule has 7 nitrogen and oxygen atoms in total. The van der Waals surface area contributed by atoms with Gasteiger partial charge >= 0.3 is 0 Å². The lowest BCUT2D eigenvalue weighted by atomic mass is 9.99. The lowest BCUT2D eigenvalue weighted by molar-refractivity contribution is 0.0946. The summed E-state index contributed by atoms with van der Waals surface area (Å²) in [4.78, 5) is 18.3. The number of fused-ring (bicyclic) bond motifs is 1. The smallest absolute Gasteiger partial charge is 0.273 e. The number of nitrogens with zero attached hydrogens (tertiary/aromatic N) is 4. The van der Waals surface area contributed by atoms with Crippen LogP contribution in [0.4, 0.5) is 0 Å². The lowest BCUT2D eigenvalue weighted by Gasteiger charge is -2.35. The Morgan fingerprint density at radius 1 is 1.21 bits per heavy atom. The van der Waals surface area contributed by atoms with E-state index in [9.17, 15) is 4.79 Å². The number of nitrogens with one attached hydrogen (secondary N) is 2. The monoisotopic (exact) mass is 392 g/mol. The molecule has 1 atom stereocenters. The van der Waals surface area contributed by atoms with Crippen molar-refractivity contribution in [2.75, 3.05) is 6.54 Å². The molecular weight excluding hydrogens is 364 g/mol. The minimum absolute atomic E-state index is 0.100. The molecule has 1 saturated carbocycles. The molecule has 1 amide bonds. The first-order valence-electron chi connectivity index (χ1n) is 10.8. The van der Waals surface area contributed by atoms with E-state index in [-0.39, 0.29) is 5.91 Å². The van der Waals surface area contributed by atoms with Crippen molar-refractivity contribution in [2.24, 2.45) is 0 Å². The summed E-state index contributed by atoms with van der Waals surface area (Å²) < 4.78 is 1.82. The zero-order chi connectivity index (χ0) is 19.6. The Morgan fingerprint density at radius 2 is 2.10 bits per heavy atom. The van der Waals surface area contributed by atoms with Gasteiger partial charge in [-0.3, -0.25) is 14.4 Å². The van der Waals surface area contributed by atoms with Crippen molar-refractivity contribution in [1.82, 2.24) is 30.2 Å². The number of piperidine rings is 1. The lowest BCUT2D eigenvalue weighted by Crippen LogP contribution is -2.39. The van der Waals surface area contributed by atoms with E-state index < -0.39 is 0 Å². The number of amides is 1. The van der Waals surface area contributed by atoms with Crippen LogP contribution in [0, 0.1) is 0 Å². The molecule has 1 saturated heterocycles. The molecule has 3 heterocycles. The minimum Gasteiger partial charge on any atom is -0.357 e. The topological polar surface area (TPSA) is 78.8 Å². The van der Waals surface area contributed by atoms with Crippen LogP contribution in [0.5, 0.6) is 0 Å². The third kappa shape index (κ3) is 4.34. The number of hydrogen-bond donors (Lipinski definition) is 2. The summed E-state index contributed by atoms with van der Waals surface area (Å²) >= 11 is 0. The van der Waals surface area contributed by atoms with Crippen molar-refractivity contribution in [3.63, 3.8) is 0 Å². The van der Waals surface area contributed by atoms with E-state index in [1.54, 1.807) is 6.20 Å². The number of aromatic amines is 1. The third-order valence-corrected chi connectivity index (χ3v) is 6.08. The second kappa shape index (κ2) is 7.99. The van der Waals surface area contributed by atoms with Crippen LogP contribution in [0.3, 0.4) is 0 Å². The largest absolute Gasteiger partial charge is 0.357 e. The molecule has 1 aliphatic carbocycles. The van der Waals surface area contributed by atoms with E-state index in [2.05, 4.69) is 55.8 Å². The molecule has 1 aromatic carbocycles. The van der Waals surface area contributed by atoms with Crippen molar-refractivity contribution in [3.05, 3.63) is 47.9 Å². The molecule has 0 spiro atoms. The first-order valence-corrected chi connectivity index (χ1v) is 10.8. The van der Waals surface area contributed by atoms with Gasteiger partial charge in [0.05, 0.1) is 6.20 Å². The van der Waals surface area contributed by atoms with E-state index >= 15 is 0 Å². The molecule has 152 valence electrons. The molecular formula is C22H28N6O. The average Bonchev–Trinajstić information content (AvgIpc) is 3.26. The van der Waals surface area contributed by atoms with Gasteiger partial charge in [0.2, 0.25) is 0 Å². The maximum Gasteiger partial charge on any atom is 0.273 e. The number of likely N-dealkylation sites (tertiary alicyclic amines) is 1. The number of carbonyl (C=O) groups excluding carboxylic acids is 1. The molecule has 2 aromatic heterocycles. The Balaban J connectivity index is 1.20. The van der Waals surface area contributed by atoms with E-state index in [1.165, 1.54) is 35.9 Å². The number of benzene rings is 1. The van der Waals surface area contributed by atoms with Crippen molar-refractivity contribution in [1.29, 1.82) is 0 Å². The predicted molar refractivity (Wildman–Crippen MR) is 111 cm³/mol. The molecule has 0 radical (unpaired) electrons. The van der Waals surface area contributed by atoms with Crippen LogP contribution in [0.2, 0.25) is 0 Å². The van der Waals surface area contributed by atoms with Crippen molar-refractivity contribution >= 4 is 16.8 Å². The normalized spacial score (nSPS) is 20.2. The molecule has 2 fully saturated rings. The molecule has 0 bridgehead atoms. The van der Waals surface area contributed by atoms with Crippen molar-refractivity contribution in [2.45, 2.75) is 63.7 Å². The first kappa shape index (κ1) is 18.4. The number of aromatic nitrogens is 4. The second-order valence-electron chi connectivity index (χ2n) is 8.41. The summed E-state index contributed by atoms with van der Waals surface area (Å²) in [6.07, 6.45) is 8.70. The van der Waals surface area contributed by atoms with Crippen LogP contribution in [0.1, 0.15) is 54.7 Å². The fraction of sp³-hybridized carbons (Fsp3) is 0.500. The Kier molecular flexibility index (Phi) is 5.06. The van der Waals surface area contributed by atoms with Crippen LogP contribution >= 0.6 is 0 Å². The fourth-order valence-corrected chi connectivity index (χ4v) is 4.31. The van der Waals surface area contributed by atoms with Crippen LogP contribution in [-0.2, 0) is 13.1 Å². The van der Waals surface area contributed by atoms with Gasteiger partial charge in [-0.15, -0.1) is 5.10 Å². The summed E-state index contributed by atoms with van der Waals surface area (Å²) in [5, 5.41) is 12.5. The number of H-pyrrole nitrogens is 1. The standard InChI is InChI=1S/C22H28N6O/c29-22(24-17-8-9-17)21-15-28(26-25-21)12-10-19-6-3-4-11-27(19)14-18-13-16-5-1-2-7-20(16)23-18/h1-2,5,7,13,15,17,19,23H,3-4,6,8-12,14H2,(H,24,29). The van der Waals surface area contributed by atoms with Gasteiger partial charge in [0.1, 0.15) is 0 Å². The molecule has 5 rings (SSSR count). The summed E-state index contributed by atoms with van der Waals surface area (Å²) in [5.74, 6) is -0.100. The zero-order valence-electron chi connectivity index (χ0n) is 16.7. The van der Waals surface area contributed by atoms with E-state index in [0.29, 0.717) is 17.8 Å². The van der Waals surface area contributed by atoms with Crippen LogP contribution in [-0.4, -0.2) is 49.4 Å². The predicted octanol–water partition coefficient (Wildman–Crippen LogP) is 3.10. The van der Waals surface area contributed by atoms with Crippen molar-refractivity contribution < 1.29 is 4.79 Å². The quantitative estimate of drug-likeness (QED) is 0.648. The zero-order valence-corrected chi connectivity index (χ0v) is 16.7. The van der Waals surface area contributed by atoms with Crippen LogP contribution < -0.4 is 5.32 Å². The van der Waals surface area contributed by atoms with Gasteiger partial charge in [-0.2, -0.15) is 0 Å². The van der Waals surface area contributed by atoms with Crippen LogP contribution in [0.15, 0.2) is 36.5 Å². The number of hydrogen-bond acceptors (Lipinski definition) is 4.